The fourth-order valence-corrected chi connectivity index (χ4v) is 3.70. The van der Waals surface area contributed by atoms with E-state index in [1.807, 2.05) is 29.2 Å². The second kappa shape index (κ2) is 9.39. The molecular formula is C21H28N4O4. The van der Waals surface area contributed by atoms with Crippen LogP contribution in [0, 0.1) is 0 Å². The van der Waals surface area contributed by atoms with Crippen LogP contribution in [0.25, 0.3) is 5.69 Å². The van der Waals surface area contributed by atoms with Gasteiger partial charge in [-0.1, -0.05) is 0 Å². The normalized spacial score (nSPS) is 20.2. The Morgan fingerprint density at radius 3 is 2.72 bits per heavy atom. The van der Waals surface area contributed by atoms with Gasteiger partial charge in [-0.15, -0.1) is 0 Å². The molecule has 1 aromatic heterocycles. The molecule has 1 aromatic carbocycles. The monoisotopic (exact) mass is 400 g/mol. The fourth-order valence-electron chi connectivity index (χ4n) is 3.70. The molecule has 1 amide bonds. The van der Waals surface area contributed by atoms with Crippen molar-refractivity contribution >= 4 is 5.91 Å². The Hall–Kier alpha value is -2.42. The minimum absolute atomic E-state index is 0.0449. The van der Waals surface area contributed by atoms with Gasteiger partial charge in [0.05, 0.1) is 38.7 Å². The quantitative estimate of drug-likeness (QED) is 0.701. The van der Waals surface area contributed by atoms with Crippen molar-refractivity contribution in [1.82, 2.24) is 19.6 Å². The number of carbonyl (C=O) groups is 1. The van der Waals surface area contributed by atoms with Crippen LogP contribution in [-0.2, 0) is 9.47 Å². The number of benzene rings is 1. The Kier molecular flexibility index (Phi) is 6.43. The van der Waals surface area contributed by atoms with Crippen LogP contribution in [0.2, 0.25) is 0 Å². The van der Waals surface area contributed by atoms with Gasteiger partial charge in [0.25, 0.3) is 5.91 Å². The maximum absolute atomic E-state index is 12.8. The molecule has 0 spiro atoms. The van der Waals surface area contributed by atoms with E-state index < -0.39 is 0 Å². The number of rotatable bonds is 7. The summed E-state index contributed by atoms with van der Waals surface area (Å²) in [5, 5.41) is 4.45. The third kappa shape index (κ3) is 4.95. The van der Waals surface area contributed by atoms with Crippen LogP contribution in [0.5, 0.6) is 5.75 Å². The zero-order chi connectivity index (χ0) is 20.1. The topological polar surface area (TPSA) is 69.1 Å². The van der Waals surface area contributed by atoms with Crippen LogP contribution in [0.1, 0.15) is 16.9 Å². The van der Waals surface area contributed by atoms with Crippen molar-refractivity contribution in [1.29, 1.82) is 0 Å². The highest BCUT2D eigenvalue weighted by molar-refractivity contribution is 5.92. The zero-order valence-corrected chi connectivity index (χ0v) is 16.8. The second-order valence-corrected chi connectivity index (χ2v) is 7.33. The highest BCUT2D eigenvalue weighted by Crippen LogP contribution is 2.18. The van der Waals surface area contributed by atoms with Gasteiger partial charge in [-0.05, 0) is 36.8 Å². The third-order valence-corrected chi connectivity index (χ3v) is 5.44. The summed E-state index contributed by atoms with van der Waals surface area (Å²) in [6.45, 7) is 6.47. The van der Waals surface area contributed by atoms with Gasteiger partial charge in [0, 0.05) is 38.9 Å². The van der Waals surface area contributed by atoms with Crippen LogP contribution >= 0.6 is 0 Å². The van der Waals surface area contributed by atoms with Gasteiger partial charge >= 0.3 is 0 Å². The molecule has 0 saturated carbocycles. The van der Waals surface area contributed by atoms with Gasteiger partial charge in [0.15, 0.2) is 5.69 Å². The van der Waals surface area contributed by atoms with Crippen LogP contribution in [0.3, 0.4) is 0 Å². The molecule has 0 unspecified atom stereocenters. The number of methoxy groups -OCH3 is 1. The molecule has 8 nitrogen and oxygen atoms in total. The second-order valence-electron chi connectivity index (χ2n) is 7.33. The lowest BCUT2D eigenvalue weighted by Crippen LogP contribution is -2.39. The summed E-state index contributed by atoms with van der Waals surface area (Å²) < 4.78 is 18.3. The molecule has 2 fully saturated rings. The van der Waals surface area contributed by atoms with Gasteiger partial charge in [-0.2, -0.15) is 5.10 Å². The molecule has 2 saturated heterocycles. The molecule has 0 bridgehead atoms. The molecule has 2 aromatic rings. The molecule has 4 rings (SSSR count). The van der Waals surface area contributed by atoms with Crippen molar-refractivity contribution in [3.05, 3.63) is 42.2 Å². The highest BCUT2D eigenvalue weighted by Gasteiger charge is 2.28. The number of nitrogens with zero attached hydrogens (tertiary/aromatic N) is 4. The molecule has 3 heterocycles. The first-order chi connectivity index (χ1) is 14.2. The van der Waals surface area contributed by atoms with Gasteiger partial charge in [0.2, 0.25) is 0 Å². The van der Waals surface area contributed by atoms with Crippen LogP contribution in [0.4, 0.5) is 0 Å². The first-order valence-corrected chi connectivity index (χ1v) is 10.1. The number of amides is 1. The lowest BCUT2D eigenvalue weighted by Gasteiger charge is -2.26. The Balaban J connectivity index is 1.27. The van der Waals surface area contributed by atoms with E-state index in [0.29, 0.717) is 25.4 Å². The van der Waals surface area contributed by atoms with Crippen molar-refractivity contribution in [3.8, 4) is 11.4 Å². The predicted octanol–water partition coefficient (Wildman–Crippen LogP) is 1.44. The summed E-state index contributed by atoms with van der Waals surface area (Å²) >= 11 is 0. The van der Waals surface area contributed by atoms with Crippen molar-refractivity contribution in [2.75, 3.05) is 59.7 Å². The average Bonchev–Trinajstić information content (AvgIpc) is 3.44. The zero-order valence-electron chi connectivity index (χ0n) is 16.8. The van der Waals surface area contributed by atoms with E-state index in [1.54, 1.807) is 24.1 Å². The molecular weight excluding hydrogens is 372 g/mol. The first kappa shape index (κ1) is 19.9. The molecule has 8 heteroatoms. The minimum Gasteiger partial charge on any atom is -0.497 e. The molecule has 29 heavy (non-hydrogen) atoms. The van der Waals surface area contributed by atoms with Gasteiger partial charge < -0.3 is 19.1 Å². The third-order valence-electron chi connectivity index (χ3n) is 5.44. The van der Waals surface area contributed by atoms with Crippen molar-refractivity contribution in [2.45, 2.75) is 12.5 Å². The molecule has 156 valence electrons. The molecule has 0 aliphatic carbocycles. The van der Waals surface area contributed by atoms with Gasteiger partial charge in [-0.25, -0.2) is 4.68 Å². The number of likely N-dealkylation sites (tertiary alicyclic amines) is 1. The molecule has 2 aliphatic heterocycles. The van der Waals surface area contributed by atoms with Gasteiger partial charge in [0.1, 0.15) is 5.75 Å². The lowest BCUT2D eigenvalue weighted by atomic mass is 10.3. The Labute approximate surface area is 170 Å². The number of hydrogen-bond donors (Lipinski definition) is 0. The smallest absolute Gasteiger partial charge is 0.274 e. The summed E-state index contributed by atoms with van der Waals surface area (Å²) in [4.78, 5) is 17.0. The number of carbonyl (C=O) groups excluding carboxylic acids is 1. The molecule has 2 aliphatic rings. The van der Waals surface area contributed by atoms with Crippen LogP contribution < -0.4 is 4.74 Å². The summed E-state index contributed by atoms with van der Waals surface area (Å²) in [5.74, 6) is 0.741. The van der Waals surface area contributed by atoms with Crippen LogP contribution in [-0.4, -0.2) is 91.2 Å². The predicted molar refractivity (Wildman–Crippen MR) is 108 cm³/mol. The van der Waals surface area contributed by atoms with E-state index >= 15 is 0 Å². The summed E-state index contributed by atoms with van der Waals surface area (Å²) in [6, 6.07) is 9.33. The summed E-state index contributed by atoms with van der Waals surface area (Å²) in [7, 11) is 1.63. The maximum atomic E-state index is 12.8. The van der Waals surface area contributed by atoms with Crippen molar-refractivity contribution < 1.29 is 19.0 Å². The Morgan fingerprint density at radius 2 is 1.97 bits per heavy atom. The SMILES string of the molecule is COc1ccc(-n2ccc(C(=O)N3CC[C@H](OCCN4CCOCC4)C3)n2)cc1. The number of ether oxygens (including phenoxy) is 3. The number of hydrogen-bond acceptors (Lipinski definition) is 6. The average molecular weight is 400 g/mol. The Morgan fingerprint density at radius 1 is 1.17 bits per heavy atom. The summed E-state index contributed by atoms with van der Waals surface area (Å²) in [6.07, 6.45) is 2.78. The standard InChI is InChI=1S/C21H28N4O4/c1-27-18-4-2-17(3-5-18)25-9-7-20(22-25)21(26)24-8-6-19(16-24)29-15-12-23-10-13-28-14-11-23/h2-5,7,9,19H,6,8,10-16H2,1H3/t19-/m0/s1. The molecule has 0 N–H and O–H groups in total. The number of aromatic nitrogens is 2. The molecule has 1 atom stereocenters. The summed E-state index contributed by atoms with van der Waals surface area (Å²) in [5.41, 5.74) is 1.34. The minimum atomic E-state index is -0.0449. The number of morpholine rings is 1. The Bertz CT molecular complexity index is 801. The van der Waals surface area contributed by atoms with E-state index in [-0.39, 0.29) is 12.0 Å². The highest BCUT2D eigenvalue weighted by atomic mass is 16.5. The van der Waals surface area contributed by atoms with E-state index in [0.717, 1.165) is 50.7 Å². The molecule has 0 radical (unpaired) electrons. The van der Waals surface area contributed by atoms with E-state index in [4.69, 9.17) is 14.2 Å². The lowest BCUT2D eigenvalue weighted by molar-refractivity contribution is 0.00423. The van der Waals surface area contributed by atoms with Gasteiger partial charge in [-0.3, -0.25) is 9.69 Å². The van der Waals surface area contributed by atoms with E-state index in [2.05, 4.69) is 10.00 Å². The maximum Gasteiger partial charge on any atom is 0.274 e. The largest absolute Gasteiger partial charge is 0.497 e. The van der Waals surface area contributed by atoms with Crippen molar-refractivity contribution in [2.24, 2.45) is 0 Å². The fraction of sp³-hybridized carbons (Fsp3) is 0.524. The van der Waals surface area contributed by atoms with E-state index in [1.165, 1.54) is 0 Å². The van der Waals surface area contributed by atoms with E-state index in [9.17, 15) is 4.79 Å². The first-order valence-electron chi connectivity index (χ1n) is 10.1. The van der Waals surface area contributed by atoms with Crippen LogP contribution in [0.15, 0.2) is 36.5 Å². The van der Waals surface area contributed by atoms with Crippen molar-refractivity contribution in [3.63, 3.8) is 0 Å².